The highest BCUT2D eigenvalue weighted by Crippen LogP contribution is 2.28. The Labute approximate surface area is 175 Å². The number of amides is 1. The van der Waals surface area contributed by atoms with Crippen LogP contribution in [0.1, 0.15) is 16.9 Å². The van der Waals surface area contributed by atoms with Crippen LogP contribution in [0.2, 0.25) is 0 Å². The van der Waals surface area contributed by atoms with Gasteiger partial charge in [0, 0.05) is 17.1 Å². The van der Waals surface area contributed by atoms with Crippen molar-refractivity contribution in [2.45, 2.75) is 30.7 Å². The number of furan rings is 1. The fourth-order valence-corrected chi connectivity index (χ4v) is 5.07. The monoisotopic (exact) mass is 422 g/mol. The molecule has 2 aromatic carbocycles. The third-order valence-electron chi connectivity index (χ3n) is 4.88. The molecule has 0 saturated heterocycles. The van der Waals surface area contributed by atoms with Crippen LogP contribution in [0.15, 0.2) is 82.4 Å². The number of rotatable bonds is 7. The molecule has 154 valence electrons. The van der Waals surface area contributed by atoms with Gasteiger partial charge in [0.1, 0.15) is 12.3 Å². The Bertz CT molecular complexity index is 1290. The van der Waals surface area contributed by atoms with E-state index in [-0.39, 0.29) is 29.6 Å². The van der Waals surface area contributed by atoms with Gasteiger partial charge in [-0.2, -0.15) is 0 Å². The number of hydrogen-bond acceptors (Lipinski definition) is 4. The third-order valence-corrected chi connectivity index (χ3v) is 6.59. The molecule has 0 saturated carbocycles. The molecule has 30 heavy (non-hydrogen) atoms. The van der Waals surface area contributed by atoms with Crippen LogP contribution in [-0.2, 0) is 33.5 Å². The largest absolute Gasteiger partial charge is 0.467 e. The Morgan fingerprint density at radius 3 is 2.67 bits per heavy atom. The molecule has 0 fully saturated rings. The van der Waals surface area contributed by atoms with Crippen LogP contribution in [0.3, 0.4) is 0 Å². The van der Waals surface area contributed by atoms with Gasteiger partial charge in [-0.1, -0.05) is 48.0 Å². The second-order valence-electron chi connectivity index (χ2n) is 7.24. The summed E-state index contributed by atoms with van der Waals surface area (Å²) >= 11 is 0. The molecule has 0 aliphatic rings. The number of nitrogens with one attached hydrogen (secondary N) is 1. The molecule has 4 aromatic rings. The van der Waals surface area contributed by atoms with E-state index in [1.54, 1.807) is 41.3 Å². The summed E-state index contributed by atoms with van der Waals surface area (Å²) < 4.78 is 33.3. The SMILES string of the molecule is Cc1cccc(CS(=O)(=O)c2cn(CC(=O)NCc3ccco3)c3ccccc23)c1. The van der Waals surface area contributed by atoms with Crippen LogP contribution >= 0.6 is 0 Å². The molecule has 0 unspecified atom stereocenters. The van der Waals surface area contributed by atoms with Gasteiger partial charge in [0.15, 0.2) is 9.84 Å². The Kier molecular flexibility index (Phi) is 5.46. The maximum absolute atomic E-state index is 13.2. The standard InChI is InChI=1S/C23H22N2O4S/c1-17-6-4-7-18(12-17)16-30(27,28)22-14-25(21-10-3-2-9-20(21)22)15-23(26)24-13-19-8-5-11-29-19/h2-12,14H,13,15-16H2,1H3,(H,24,26). The molecule has 2 heterocycles. The van der Waals surface area contributed by atoms with Crippen LogP contribution < -0.4 is 5.32 Å². The first kappa shape index (κ1) is 20.0. The number of para-hydroxylation sites is 1. The van der Waals surface area contributed by atoms with Gasteiger partial charge in [0.05, 0.1) is 23.5 Å². The van der Waals surface area contributed by atoms with Gasteiger partial charge in [-0.05, 0) is 30.7 Å². The molecule has 4 rings (SSSR count). The summed E-state index contributed by atoms with van der Waals surface area (Å²) in [5.74, 6) is 0.338. The molecule has 2 aromatic heterocycles. The predicted octanol–water partition coefficient (Wildman–Crippen LogP) is 3.83. The van der Waals surface area contributed by atoms with Gasteiger partial charge in [0.25, 0.3) is 0 Å². The molecule has 1 amide bonds. The summed E-state index contributed by atoms with van der Waals surface area (Å²) in [6, 6.07) is 18.2. The molecule has 7 heteroatoms. The van der Waals surface area contributed by atoms with E-state index in [4.69, 9.17) is 4.42 Å². The van der Waals surface area contributed by atoms with Crippen molar-refractivity contribution >= 4 is 26.6 Å². The zero-order valence-corrected chi connectivity index (χ0v) is 17.4. The zero-order chi connectivity index (χ0) is 21.1. The second-order valence-corrected chi connectivity index (χ2v) is 9.20. The topological polar surface area (TPSA) is 81.3 Å². The lowest BCUT2D eigenvalue weighted by Gasteiger charge is -2.06. The van der Waals surface area contributed by atoms with E-state index in [2.05, 4.69) is 5.32 Å². The van der Waals surface area contributed by atoms with Crippen molar-refractivity contribution in [3.8, 4) is 0 Å². The van der Waals surface area contributed by atoms with Crippen LogP contribution in [0.4, 0.5) is 0 Å². The molecule has 0 radical (unpaired) electrons. The van der Waals surface area contributed by atoms with E-state index in [1.165, 1.54) is 0 Å². The average molecular weight is 423 g/mol. The van der Waals surface area contributed by atoms with E-state index in [9.17, 15) is 13.2 Å². The van der Waals surface area contributed by atoms with Crippen molar-refractivity contribution in [1.82, 2.24) is 9.88 Å². The average Bonchev–Trinajstić information content (AvgIpc) is 3.35. The number of nitrogens with zero attached hydrogens (tertiary/aromatic N) is 1. The Morgan fingerprint density at radius 2 is 1.90 bits per heavy atom. The minimum Gasteiger partial charge on any atom is -0.467 e. The molecule has 0 spiro atoms. The summed E-state index contributed by atoms with van der Waals surface area (Å²) in [6.07, 6.45) is 3.11. The summed E-state index contributed by atoms with van der Waals surface area (Å²) in [7, 11) is -3.59. The number of sulfone groups is 1. The zero-order valence-electron chi connectivity index (χ0n) is 16.5. The molecule has 0 bridgehead atoms. The second kappa shape index (κ2) is 8.20. The fraction of sp³-hybridized carbons (Fsp3) is 0.174. The Hall–Kier alpha value is -3.32. The fourth-order valence-electron chi connectivity index (χ4n) is 3.50. The third kappa shape index (κ3) is 4.31. The maximum atomic E-state index is 13.2. The Morgan fingerprint density at radius 1 is 1.07 bits per heavy atom. The highest BCUT2D eigenvalue weighted by Gasteiger charge is 2.22. The lowest BCUT2D eigenvalue weighted by Crippen LogP contribution is -2.26. The summed E-state index contributed by atoms with van der Waals surface area (Å²) in [5.41, 5.74) is 2.45. The lowest BCUT2D eigenvalue weighted by atomic mass is 10.2. The number of hydrogen-bond donors (Lipinski definition) is 1. The maximum Gasteiger partial charge on any atom is 0.240 e. The molecule has 0 aliphatic heterocycles. The lowest BCUT2D eigenvalue weighted by molar-refractivity contribution is -0.121. The smallest absolute Gasteiger partial charge is 0.240 e. The molecule has 1 N–H and O–H groups in total. The van der Waals surface area contributed by atoms with E-state index < -0.39 is 9.84 Å². The summed E-state index contributed by atoms with van der Waals surface area (Å²) in [4.78, 5) is 12.7. The number of carbonyl (C=O) groups excluding carboxylic acids is 1. The van der Waals surface area contributed by atoms with Gasteiger partial charge >= 0.3 is 0 Å². The minimum absolute atomic E-state index is 0.0151. The van der Waals surface area contributed by atoms with Gasteiger partial charge in [-0.15, -0.1) is 0 Å². The Balaban J connectivity index is 1.60. The number of aryl methyl sites for hydroxylation is 1. The van der Waals surface area contributed by atoms with Gasteiger partial charge in [0.2, 0.25) is 5.91 Å². The number of carbonyl (C=O) groups is 1. The first-order valence-corrected chi connectivity index (χ1v) is 11.2. The first-order valence-electron chi connectivity index (χ1n) is 9.58. The van der Waals surface area contributed by atoms with Crippen LogP contribution in [0.5, 0.6) is 0 Å². The predicted molar refractivity (Wildman–Crippen MR) is 115 cm³/mol. The van der Waals surface area contributed by atoms with Gasteiger partial charge in [-0.25, -0.2) is 8.42 Å². The van der Waals surface area contributed by atoms with Crippen molar-refractivity contribution in [3.63, 3.8) is 0 Å². The summed E-state index contributed by atoms with van der Waals surface area (Å²) in [5, 5.41) is 3.40. The quantitative estimate of drug-likeness (QED) is 0.491. The van der Waals surface area contributed by atoms with E-state index >= 15 is 0 Å². The number of aromatic nitrogens is 1. The first-order chi connectivity index (χ1) is 14.4. The number of fused-ring (bicyclic) bond motifs is 1. The van der Waals surface area contributed by atoms with E-state index in [0.29, 0.717) is 16.7 Å². The highest BCUT2D eigenvalue weighted by atomic mass is 32.2. The van der Waals surface area contributed by atoms with Crippen molar-refractivity contribution in [3.05, 3.63) is 90.0 Å². The van der Waals surface area contributed by atoms with Crippen molar-refractivity contribution in [2.75, 3.05) is 0 Å². The minimum atomic E-state index is -3.59. The summed E-state index contributed by atoms with van der Waals surface area (Å²) in [6.45, 7) is 2.23. The van der Waals surface area contributed by atoms with Crippen molar-refractivity contribution in [1.29, 1.82) is 0 Å². The molecular formula is C23H22N2O4S. The molecule has 0 aliphatic carbocycles. The highest BCUT2D eigenvalue weighted by molar-refractivity contribution is 7.90. The number of benzene rings is 2. The molecule has 6 nitrogen and oxygen atoms in total. The molecular weight excluding hydrogens is 400 g/mol. The van der Waals surface area contributed by atoms with Gasteiger partial charge < -0.3 is 14.3 Å². The van der Waals surface area contributed by atoms with Crippen molar-refractivity contribution in [2.24, 2.45) is 0 Å². The van der Waals surface area contributed by atoms with E-state index in [1.807, 2.05) is 43.3 Å². The molecule has 0 atom stereocenters. The normalized spacial score (nSPS) is 11.6. The van der Waals surface area contributed by atoms with Gasteiger partial charge in [-0.3, -0.25) is 4.79 Å². The van der Waals surface area contributed by atoms with Crippen LogP contribution in [0, 0.1) is 6.92 Å². The van der Waals surface area contributed by atoms with Crippen LogP contribution in [-0.4, -0.2) is 18.9 Å². The van der Waals surface area contributed by atoms with Crippen LogP contribution in [0.25, 0.3) is 10.9 Å². The van der Waals surface area contributed by atoms with E-state index in [0.717, 1.165) is 11.1 Å². The van der Waals surface area contributed by atoms with Crippen molar-refractivity contribution < 1.29 is 17.6 Å².